The Morgan fingerprint density at radius 3 is 2.50 bits per heavy atom. The van der Waals surface area contributed by atoms with Crippen LogP contribution in [-0.4, -0.2) is 34.2 Å². The number of hydrogen-bond donors (Lipinski definition) is 1. The van der Waals surface area contributed by atoms with Crippen molar-refractivity contribution >= 4 is 46.5 Å². The number of hydrogen-bond acceptors (Lipinski definition) is 7. The van der Waals surface area contributed by atoms with Crippen LogP contribution in [0.15, 0.2) is 32.9 Å². The lowest BCUT2D eigenvalue weighted by Crippen LogP contribution is -2.13. The van der Waals surface area contributed by atoms with E-state index in [-0.39, 0.29) is 5.91 Å². The van der Waals surface area contributed by atoms with E-state index < -0.39 is 0 Å². The maximum Gasteiger partial charge on any atom is 0.234 e. The Bertz CT molecular complexity index is 644. The number of carbonyl (C=O) groups excluding carboxylic acids is 1. The second-order valence-corrected chi connectivity index (χ2v) is 8.80. The van der Waals surface area contributed by atoms with Crippen molar-refractivity contribution in [3.63, 3.8) is 0 Å². The lowest BCUT2D eigenvalue weighted by molar-refractivity contribution is -0.113. The summed E-state index contributed by atoms with van der Waals surface area (Å²) < 4.78 is 7.15. The van der Waals surface area contributed by atoms with Gasteiger partial charge >= 0.3 is 0 Å². The van der Waals surface area contributed by atoms with Gasteiger partial charge in [-0.1, -0.05) is 48.7 Å². The quantitative estimate of drug-likeness (QED) is 0.647. The molecule has 1 aromatic carbocycles. The van der Waals surface area contributed by atoms with Crippen molar-refractivity contribution in [1.29, 1.82) is 0 Å². The first-order chi connectivity index (χ1) is 11.6. The summed E-state index contributed by atoms with van der Waals surface area (Å²) >= 11 is 4.66. The molecule has 2 aromatic rings. The fraction of sp³-hybridized carbons (Fsp3) is 0.438. The first kappa shape index (κ1) is 19.1. The van der Waals surface area contributed by atoms with Gasteiger partial charge < -0.3 is 10.1 Å². The molecular weight excluding hydrogens is 362 g/mol. The highest BCUT2D eigenvalue weighted by Gasteiger charge is 2.09. The molecule has 8 heteroatoms. The number of amides is 1. The zero-order valence-electron chi connectivity index (χ0n) is 13.9. The maximum absolute atomic E-state index is 12.0. The Kier molecular flexibility index (Phi) is 7.87. The van der Waals surface area contributed by atoms with Crippen molar-refractivity contribution in [3.8, 4) is 5.75 Å². The molecule has 0 aliphatic carbocycles. The van der Waals surface area contributed by atoms with Crippen LogP contribution in [0.4, 0.5) is 5.69 Å². The van der Waals surface area contributed by atoms with Gasteiger partial charge in [-0.25, -0.2) is 0 Å². The predicted octanol–water partition coefficient (Wildman–Crippen LogP) is 4.42. The Labute approximate surface area is 155 Å². The second kappa shape index (κ2) is 9.90. The Morgan fingerprint density at radius 1 is 1.21 bits per heavy atom. The van der Waals surface area contributed by atoms with Gasteiger partial charge in [0.2, 0.25) is 5.91 Å². The highest BCUT2D eigenvalue weighted by Crippen LogP contribution is 2.29. The van der Waals surface area contributed by atoms with Crippen LogP contribution >= 0.6 is 34.9 Å². The van der Waals surface area contributed by atoms with E-state index in [0.717, 1.165) is 25.9 Å². The molecule has 0 radical (unpaired) electrons. The van der Waals surface area contributed by atoms with Gasteiger partial charge in [-0.2, -0.15) is 0 Å². The molecular formula is C16H21N3O2S3. The molecule has 0 bridgehead atoms. The largest absolute Gasteiger partial charge is 0.494 e. The van der Waals surface area contributed by atoms with Crippen molar-refractivity contribution in [2.75, 3.05) is 23.4 Å². The minimum absolute atomic E-state index is 0.0595. The summed E-state index contributed by atoms with van der Waals surface area (Å²) in [5.74, 6) is 2.70. The number of aromatic nitrogens is 2. The van der Waals surface area contributed by atoms with Crippen molar-refractivity contribution in [2.45, 2.75) is 29.5 Å². The van der Waals surface area contributed by atoms with Crippen LogP contribution in [0.25, 0.3) is 0 Å². The SMILES string of the molecule is CCOc1ccc(NC(=O)CSc2nnc(SCC(C)C)s2)cc1. The van der Waals surface area contributed by atoms with E-state index in [1.165, 1.54) is 23.1 Å². The number of ether oxygens (including phenoxy) is 1. The first-order valence-corrected chi connectivity index (χ1v) is 10.5. The molecule has 5 nitrogen and oxygen atoms in total. The molecule has 0 spiro atoms. The summed E-state index contributed by atoms with van der Waals surface area (Å²) in [6.07, 6.45) is 0. The number of thioether (sulfide) groups is 2. The lowest BCUT2D eigenvalue weighted by atomic mass is 10.3. The fourth-order valence-corrected chi connectivity index (χ4v) is 4.47. The summed E-state index contributed by atoms with van der Waals surface area (Å²) in [7, 11) is 0. The van der Waals surface area contributed by atoms with Gasteiger partial charge in [-0.05, 0) is 37.1 Å². The number of nitrogens with zero attached hydrogens (tertiary/aromatic N) is 2. The third kappa shape index (κ3) is 6.70. The highest BCUT2D eigenvalue weighted by atomic mass is 32.2. The van der Waals surface area contributed by atoms with Crippen LogP contribution < -0.4 is 10.1 Å². The van der Waals surface area contributed by atoms with Crippen LogP contribution in [0.5, 0.6) is 5.75 Å². The summed E-state index contributed by atoms with van der Waals surface area (Å²) in [4.78, 5) is 12.0. The topological polar surface area (TPSA) is 64.1 Å². The molecule has 0 saturated heterocycles. The van der Waals surface area contributed by atoms with Crippen molar-refractivity contribution in [2.24, 2.45) is 5.92 Å². The zero-order valence-corrected chi connectivity index (χ0v) is 16.4. The maximum atomic E-state index is 12.0. The van der Waals surface area contributed by atoms with E-state index in [2.05, 4.69) is 29.4 Å². The van der Waals surface area contributed by atoms with Crippen LogP contribution in [0.1, 0.15) is 20.8 Å². The molecule has 0 atom stereocenters. The molecule has 1 N–H and O–H groups in total. The third-order valence-corrected chi connectivity index (χ3v) is 6.32. The monoisotopic (exact) mass is 383 g/mol. The standard InChI is InChI=1S/C16H21N3O2S3/c1-4-21-13-7-5-12(6-8-13)17-14(20)10-23-16-19-18-15(24-16)22-9-11(2)3/h5-8,11H,4,9-10H2,1-3H3,(H,17,20). The molecule has 0 aliphatic heterocycles. The Balaban J connectivity index is 1.76. The summed E-state index contributed by atoms with van der Waals surface area (Å²) in [6, 6.07) is 7.35. The minimum atomic E-state index is -0.0595. The average Bonchev–Trinajstić information content (AvgIpc) is 3.01. The smallest absolute Gasteiger partial charge is 0.234 e. The normalized spacial score (nSPS) is 10.8. The summed E-state index contributed by atoms with van der Waals surface area (Å²) in [5, 5.41) is 11.1. The van der Waals surface area contributed by atoms with Gasteiger partial charge in [0.1, 0.15) is 5.75 Å². The van der Waals surface area contributed by atoms with Gasteiger partial charge in [-0.3, -0.25) is 4.79 Å². The molecule has 0 aliphatic rings. The molecule has 1 heterocycles. The number of rotatable bonds is 9. The van der Waals surface area contributed by atoms with E-state index >= 15 is 0 Å². The number of anilines is 1. The van der Waals surface area contributed by atoms with Gasteiger partial charge in [0, 0.05) is 11.4 Å². The Hall–Kier alpha value is -1.25. The van der Waals surface area contributed by atoms with Crippen molar-refractivity contribution < 1.29 is 9.53 Å². The number of nitrogens with one attached hydrogen (secondary N) is 1. The molecule has 1 aromatic heterocycles. The van der Waals surface area contributed by atoms with Crippen LogP contribution in [0.3, 0.4) is 0 Å². The van der Waals surface area contributed by atoms with E-state index in [1.54, 1.807) is 11.8 Å². The van der Waals surface area contributed by atoms with Gasteiger partial charge in [0.15, 0.2) is 8.68 Å². The van der Waals surface area contributed by atoms with Crippen molar-refractivity contribution in [3.05, 3.63) is 24.3 Å². The van der Waals surface area contributed by atoms with E-state index in [0.29, 0.717) is 18.3 Å². The van der Waals surface area contributed by atoms with Crippen LogP contribution in [0.2, 0.25) is 0 Å². The van der Waals surface area contributed by atoms with Crippen LogP contribution in [0, 0.1) is 5.92 Å². The Morgan fingerprint density at radius 2 is 1.88 bits per heavy atom. The summed E-state index contributed by atoms with van der Waals surface area (Å²) in [6.45, 7) is 6.92. The lowest BCUT2D eigenvalue weighted by Gasteiger charge is -2.06. The number of benzene rings is 1. The molecule has 1 amide bonds. The van der Waals surface area contributed by atoms with Gasteiger partial charge in [-0.15, -0.1) is 10.2 Å². The third-order valence-electron chi connectivity index (χ3n) is 2.70. The first-order valence-electron chi connectivity index (χ1n) is 7.68. The highest BCUT2D eigenvalue weighted by molar-refractivity contribution is 8.03. The van der Waals surface area contributed by atoms with Crippen LogP contribution in [-0.2, 0) is 4.79 Å². The minimum Gasteiger partial charge on any atom is -0.494 e. The predicted molar refractivity (Wildman–Crippen MR) is 102 cm³/mol. The van der Waals surface area contributed by atoms with Crippen molar-refractivity contribution in [1.82, 2.24) is 10.2 Å². The molecule has 2 rings (SSSR count). The molecule has 0 saturated carbocycles. The molecule has 0 unspecified atom stereocenters. The molecule has 24 heavy (non-hydrogen) atoms. The van der Waals surface area contributed by atoms with E-state index in [1.807, 2.05) is 31.2 Å². The zero-order chi connectivity index (χ0) is 17.4. The fourth-order valence-electron chi connectivity index (χ4n) is 1.68. The second-order valence-electron chi connectivity index (χ2n) is 5.33. The van der Waals surface area contributed by atoms with E-state index in [4.69, 9.17) is 4.74 Å². The van der Waals surface area contributed by atoms with Gasteiger partial charge in [0.25, 0.3) is 0 Å². The van der Waals surface area contributed by atoms with E-state index in [9.17, 15) is 4.79 Å². The summed E-state index contributed by atoms with van der Waals surface area (Å²) in [5.41, 5.74) is 0.759. The average molecular weight is 384 g/mol. The van der Waals surface area contributed by atoms with Gasteiger partial charge in [0.05, 0.1) is 12.4 Å². The number of carbonyl (C=O) groups is 1. The molecule has 130 valence electrons. The molecule has 0 fully saturated rings.